The van der Waals surface area contributed by atoms with Crippen molar-refractivity contribution in [1.29, 1.82) is 0 Å². The summed E-state index contributed by atoms with van der Waals surface area (Å²) in [7, 11) is 0. The summed E-state index contributed by atoms with van der Waals surface area (Å²) in [5.74, 6) is -0.0912. The van der Waals surface area contributed by atoms with Crippen LogP contribution in [0, 0.1) is 11.8 Å². The number of hydrogen-bond donors (Lipinski definition) is 2. The van der Waals surface area contributed by atoms with Gasteiger partial charge in [-0.3, -0.25) is 4.79 Å². The highest BCUT2D eigenvalue weighted by Gasteiger charge is 2.49. The predicted molar refractivity (Wildman–Crippen MR) is 95.9 cm³/mol. The first-order chi connectivity index (χ1) is 12.1. The monoisotopic (exact) mass is 352 g/mol. The van der Waals surface area contributed by atoms with Crippen LogP contribution in [0.2, 0.25) is 0 Å². The first-order valence-corrected chi connectivity index (χ1v) is 9.67. The Morgan fingerprint density at radius 2 is 2.00 bits per heavy atom. The first-order valence-electron chi connectivity index (χ1n) is 9.67. The van der Waals surface area contributed by atoms with Gasteiger partial charge in [-0.15, -0.1) is 0 Å². The second-order valence-electron chi connectivity index (χ2n) is 7.19. The largest absolute Gasteiger partial charge is 0.481 e. The molecule has 0 radical (unpaired) electrons. The molecule has 142 valence electrons. The summed E-state index contributed by atoms with van der Waals surface area (Å²) < 4.78 is 0. The molecule has 0 aromatic heterocycles. The van der Waals surface area contributed by atoms with Gasteiger partial charge in [-0.05, 0) is 25.7 Å². The Morgan fingerprint density at radius 3 is 2.76 bits per heavy atom. The molecule has 5 atom stereocenters. The van der Waals surface area contributed by atoms with E-state index < -0.39 is 5.97 Å². The molecule has 2 fully saturated rings. The van der Waals surface area contributed by atoms with Crippen molar-refractivity contribution in [1.82, 2.24) is 0 Å². The van der Waals surface area contributed by atoms with Crippen LogP contribution >= 0.6 is 0 Å². The van der Waals surface area contributed by atoms with Crippen LogP contribution in [0.4, 0.5) is 0 Å². The molecule has 2 rings (SSSR count). The van der Waals surface area contributed by atoms with E-state index in [2.05, 4.69) is 25.2 Å². The molecule has 1 heterocycles. The van der Waals surface area contributed by atoms with Gasteiger partial charge in [0.1, 0.15) is 6.10 Å². The molecule has 5 heteroatoms. The number of aliphatic carboxylic acids is 1. The Morgan fingerprint density at radius 1 is 1.20 bits per heavy atom. The topological polar surface area (TPSA) is 76.0 Å². The van der Waals surface area contributed by atoms with Crippen molar-refractivity contribution in [2.45, 2.75) is 83.0 Å². The molecule has 5 nitrogen and oxygen atoms in total. The number of carbonyl (C=O) groups is 1. The van der Waals surface area contributed by atoms with Crippen LogP contribution in [-0.4, -0.2) is 34.5 Å². The molecule has 2 aliphatic rings. The molecule has 2 bridgehead atoms. The molecule has 1 aliphatic carbocycles. The molecule has 1 aliphatic heterocycles. The quantitative estimate of drug-likeness (QED) is 0.315. The standard InChI is InChI=1S/C20H32O5/c1-2-3-6-9-15(21)12-13-17-16(18-14-19(17)25-24-18)10-7-4-5-8-11-20(22)23/h4,7,12-13,15-19,21H,2-3,5-6,8-11,14H2,1H3,(H,22,23)/t15-,16+,17+,18-,19+/m0/s1. The number of aliphatic hydroxyl groups is 1. The minimum Gasteiger partial charge on any atom is -0.481 e. The fraction of sp³-hybridized carbons (Fsp3) is 0.750. The van der Waals surface area contributed by atoms with E-state index in [0.717, 1.165) is 44.9 Å². The summed E-state index contributed by atoms with van der Waals surface area (Å²) in [6, 6.07) is 0. The van der Waals surface area contributed by atoms with E-state index in [1.165, 1.54) is 0 Å². The SMILES string of the molecule is CCCCC[C@H](O)C=C[C@@H]1[C@@H](CC=CCCCC(=O)O)[C@@H]2C[C@H]1OO2. The smallest absolute Gasteiger partial charge is 0.303 e. The highest BCUT2D eigenvalue weighted by Crippen LogP contribution is 2.44. The summed E-state index contributed by atoms with van der Waals surface area (Å²) in [6.07, 6.45) is 15.8. The maximum absolute atomic E-state index is 10.5. The van der Waals surface area contributed by atoms with Crippen molar-refractivity contribution >= 4 is 5.97 Å². The van der Waals surface area contributed by atoms with Crippen molar-refractivity contribution in [2.75, 3.05) is 0 Å². The molecule has 1 saturated carbocycles. The fourth-order valence-electron chi connectivity index (χ4n) is 3.72. The Hall–Kier alpha value is -1.17. The van der Waals surface area contributed by atoms with Crippen molar-refractivity contribution in [2.24, 2.45) is 11.8 Å². The van der Waals surface area contributed by atoms with Gasteiger partial charge in [0, 0.05) is 24.7 Å². The number of allylic oxidation sites excluding steroid dienone is 2. The van der Waals surface area contributed by atoms with Crippen LogP contribution in [0.1, 0.15) is 64.7 Å². The van der Waals surface area contributed by atoms with E-state index in [-0.39, 0.29) is 30.7 Å². The number of rotatable bonds is 12. The molecule has 0 spiro atoms. The van der Waals surface area contributed by atoms with E-state index in [0.29, 0.717) is 12.3 Å². The summed E-state index contributed by atoms with van der Waals surface area (Å²) in [5.41, 5.74) is 0. The molecule has 1 saturated heterocycles. The molecular weight excluding hydrogens is 320 g/mol. The highest BCUT2D eigenvalue weighted by molar-refractivity contribution is 5.66. The zero-order valence-electron chi connectivity index (χ0n) is 15.2. The van der Waals surface area contributed by atoms with Crippen LogP contribution in [0.25, 0.3) is 0 Å². The normalized spacial score (nSPS) is 29.8. The summed E-state index contributed by atoms with van der Waals surface area (Å²) in [6.45, 7) is 2.16. The molecular formula is C20H32O5. The average Bonchev–Trinajstić information content (AvgIpc) is 3.17. The first kappa shape index (κ1) is 20.1. The summed E-state index contributed by atoms with van der Waals surface area (Å²) in [5, 5.41) is 18.7. The maximum atomic E-state index is 10.5. The van der Waals surface area contributed by atoms with E-state index in [1.54, 1.807) is 0 Å². The van der Waals surface area contributed by atoms with Crippen molar-refractivity contribution in [3.8, 4) is 0 Å². The van der Waals surface area contributed by atoms with Gasteiger partial charge >= 0.3 is 5.97 Å². The highest BCUT2D eigenvalue weighted by atomic mass is 17.2. The lowest BCUT2D eigenvalue weighted by molar-refractivity contribution is -0.336. The van der Waals surface area contributed by atoms with Crippen LogP contribution < -0.4 is 0 Å². The number of unbranched alkanes of at least 4 members (excludes halogenated alkanes) is 3. The van der Waals surface area contributed by atoms with Crippen LogP contribution in [0.15, 0.2) is 24.3 Å². The van der Waals surface area contributed by atoms with Gasteiger partial charge in [-0.1, -0.05) is 50.5 Å². The van der Waals surface area contributed by atoms with E-state index >= 15 is 0 Å². The lowest BCUT2D eigenvalue weighted by Gasteiger charge is -2.27. The number of fused-ring (bicyclic) bond motifs is 2. The van der Waals surface area contributed by atoms with Crippen LogP contribution in [0.3, 0.4) is 0 Å². The lowest BCUT2D eigenvalue weighted by atomic mass is 9.89. The Kier molecular flexibility index (Phi) is 8.65. The number of hydrogen-bond acceptors (Lipinski definition) is 4. The second-order valence-corrected chi connectivity index (χ2v) is 7.19. The van der Waals surface area contributed by atoms with Gasteiger partial charge in [0.2, 0.25) is 0 Å². The molecule has 0 aromatic rings. The van der Waals surface area contributed by atoms with Crippen molar-refractivity contribution < 1.29 is 24.8 Å². The predicted octanol–water partition coefficient (Wildman–Crippen LogP) is 4.02. The van der Waals surface area contributed by atoms with Gasteiger partial charge in [-0.25, -0.2) is 9.78 Å². The number of carboxylic acids is 1. The van der Waals surface area contributed by atoms with Gasteiger partial charge in [0.15, 0.2) is 0 Å². The molecule has 25 heavy (non-hydrogen) atoms. The van der Waals surface area contributed by atoms with Crippen molar-refractivity contribution in [3.05, 3.63) is 24.3 Å². The average molecular weight is 352 g/mol. The zero-order valence-corrected chi connectivity index (χ0v) is 15.2. The third-order valence-corrected chi connectivity index (χ3v) is 5.16. The minimum absolute atomic E-state index is 0.0921. The Balaban J connectivity index is 1.78. The fourth-order valence-corrected chi connectivity index (χ4v) is 3.72. The van der Waals surface area contributed by atoms with Gasteiger partial charge < -0.3 is 10.2 Å². The third-order valence-electron chi connectivity index (χ3n) is 5.16. The molecule has 0 unspecified atom stereocenters. The van der Waals surface area contributed by atoms with E-state index in [9.17, 15) is 9.90 Å². The molecule has 2 N–H and O–H groups in total. The molecule has 0 amide bonds. The lowest BCUT2D eigenvalue weighted by Crippen LogP contribution is -2.28. The molecule has 0 aromatic carbocycles. The summed E-state index contributed by atoms with van der Waals surface area (Å²) in [4.78, 5) is 21.3. The zero-order chi connectivity index (χ0) is 18.1. The van der Waals surface area contributed by atoms with E-state index in [4.69, 9.17) is 14.9 Å². The van der Waals surface area contributed by atoms with Gasteiger partial charge in [0.25, 0.3) is 0 Å². The van der Waals surface area contributed by atoms with Crippen molar-refractivity contribution in [3.63, 3.8) is 0 Å². The maximum Gasteiger partial charge on any atom is 0.303 e. The van der Waals surface area contributed by atoms with Gasteiger partial charge in [0.05, 0.1) is 12.2 Å². The minimum atomic E-state index is -0.741. The Labute approximate surface area is 150 Å². The Bertz CT molecular complexity index is 459. The second kappa shape index (κ2) is 10.7. The van der Waals surface area contributed by atoms with Crippen LogP contribution in [0.5, 0.6) is 0 Å². The van der Waals surface area contributed by atoms with Gasteiger partial charge in [-0.2, -0.15) is 0 Å². The number of carboxylic acid groups (broad SMARTS) is 1. The summed E-state index contributed by atoms with van der Waals surface area (Å²) >= 11 is 0. The number of aliphatic hydroxyl groups excluding tert-OH is 1. The third kappa shape index (κ3) is 6.57. The van der Waals surface area contributed by atoms with Crippen LogP contribution in [-0.2, 0) is 14.6 Å². The van der Waals surface area contributed by atoms with E-state index in [1.807, 2.05) is 6.08 Å².